The van der Waals surface area contributed by atoms with E-state index in [2.05, 4.69) is 37.0 Å². The second-order valence-electron chi connectivity index (χ2n) is 7.79. The van der Waals surface area contributed by atoms with Crippen LogP contribution >= 0.6 is 0 Å². The van der Waals surface area contributed by atoms with Crippen LogP contribution < -0.4 is 5.73 Å². The lowest BCUT2D eigenvalue weighted by Crippen LogP contribution is -2.30. The summed E-state index contributed by atoms with van der Waals surface area (Å²) in [7, 11) is 2.02. The molecule has 3 rings (SSSR count). The fourth-order valence-corrected chi connectivity index (χ4v) is 4.05. The molecule has 4 heteroatoms. The zero-order valence-corrected chi connectivity index (χ0v) is 13.3. The average Bonchev–Trinajstić information content (AvgIpc) is 2.97. The third-order valence-corrected chi connectivity index (χ3v) is 5.00. The van der Waals surface area contributed by atoms with Crippen LogP contribution in [0.1, 0.15) is 44.9 Å². The van der Waals surface area contributed by atoms with E-state index in [1.54, 1.807) is 0 Å². The van der Waals surface area contributed by atoms with Crippen molar-refractivity contribution in [1.29, 1.82) is 0 Å². The van der Waals surface area contributed by atoms with Crippen molar-refractivity contribution >= 4 is 0 Å². The largest absolute Gasteiger partial charge is 0.327 e. The van der Waals surface area contributed by atoms with Gasteiger partial charge in [-0.2, -0.15) is 5.10 Å². The topological polar surface area (TPSA) is 47.1 Å². The highest BCUT2D eigenvalue weighted by Gasteiger charge is 2.41. The van der Waals surface area contributed by atoms with Crippen LogP contribution in [0.2, 0.25) is 0 Å². The lowest BCUT2D eigenvalue weighted by molar-refractivity contribution is 0.296. The third kappa shape index (κ3) is 2.51. The molecule has 2 fully saturated rings. The highest BCUT2D eigenvalue weighted by Crippen LogP contribution is 2.38. The Bertz CT molecular complexity index is 485. The van der Waals surface area contributed by atoms with Gasteiger partial charge in [0.25, 0.3) is 0 Å². The minimum atomic E-state index is 0.114. The van der Waals surface area contributed by atoms with Crippen molar-refractivity contribution in [2.75, 3.05) is 13.1 Å². The minimum absolute atomic E-state index is 0.114. The zero-order valence-electron chi connectivity index (χ0n) is 13.3. The Kier molecular flexibility index (Phi) is 3.41. The van der Waals surface area contributed by atoms with E-state index in [9.17, 15) is 0 Å². The van der Waals surface area contributed by atoms with Crippen molar-refractivity contribution in [1.82, 2.24) is 14.7 Å². The van der Waals surface area contributed by atoms with E-state index in [0.29, 0.717) is 6.04 Å². The number of rotatable bonds is 2. The van der Waals surface area contributed by atoms with Gasteiger partial charge in [0.15, 0.2) is 0 Å². The van der Waals surface area contributed by atoms with E-state index in [0.717, 1.165) is 18.4 Å². The summed E-state index contributed by atoms with van der Waals surface area (Å²) in [5, 5.41) is 4.68. The normalized spacial score (nSPS) is 30.9. The molecule has 2 aliphatic rings. The molecular weight excluding hydrogens is 248 g/mol. The third-order valence-electron chi connectivity index (χ3n) is 5.00. The molecule has 2 N–H and O–H groups in total. The van der Waals surface area contributed by atoms with Crippen molar-refractivity contribution in [3.8, 4) is 0 Å². The Labute approximate surface area is 122 Å². The highest BCUT2D eigenvalue weighted by atomic mass is 15.3. The maximum Gasteiger partial charge on any atom is 0.0722 e. The molecule has 1 aromatic heterocycles. The summed E-state index contributed by atoms with van der Waals surface area (Å²) >= 11 is 0. The van der Waals surface area contributed by atoms with E-state index >= 15 is 0 Å². The molecule has 0 spiro atoms. The van der Waals surface area contributed by atoms with Gasteiger partial charge in [-0.1, -0.05) is 20.8 Å². The number of nitrogens with zero attached hydrogens (tertiary/aromatic N) is 3. The van der Waals surface area contributed by atoms with Gasteiger partial charge < -0.3 is 5.73 Å². The van der Waals surface area contributed by atoms with Crippen LogP contribution in [-0.4, -0.2) is 33.8 Å². The van der Waals surface area contributed by atoms with Crippen LogP contribution in [-0.2, 0) is 19.0 Å². The Morgan fingerprint density at radius 1 is 1.30 bits per heavy atom. The highest BCUT2D eigenvalue weighted by molar-refractivity contribution is 5.24. The van der Waals surface area contributed by atoms with Gasteiger partial charge in [-0.15, -0.1) is 0 Å². The summed E-state index contributed by atoms with van der Waals surface area (Å²) in [6, 6.07) is 0.431. The average molecular weight is 276 g/mol. The number of nitrogens with two attached hydrogens (primary N) is 1. The Balaban J connectivity index is 1.73. The molecule has 112 valence electrons. The summed E-state index contributed by atoms with van der Waals surface area (Å²) in [5.41, 5.74) is 8.97. The molecule has 3 unspecified atom stereocenters. The van der Waals surface area contributed by atoms with Gasteiger partial charge in [0.05, 0.1) is 5.69 Å². The van der Waals surface area contributed by atoms with E-state index in [-0.39, 0.29) is 5.41 Å². The predicted octanol–water partition coefficient (Wildman–Crippen LogP) is 1.89. The van der Waals surface area contributed by atoms with Gasteiger partial charge in [0.1, 0.15) is 0 Å². The summed E-state index contributed by atoms with van der Waals surface area (Å²) in [6.45, 7) is 10.1. The number of likely N-dealkylation sites (tertiary alicyclic amines) is 1. The van der Waals surface area contributed by atoms with E-state index in [1.165, 1.54) is 37.2 Å². The molecule has 0 amide bonds. The van der Waals surface area contributed by atoms with E-state index in [4.69, 9.17) is 5.73 Å². The second kappa shape index (κ2) is 4.85. The van der Waals surface area contributed by atoms with Crippen molar-refractivity contribution < 1.29 is 0 Å². The quantitative estimate of drug-likeness (QED) is 0.897. The van der Waals surface area contributed by atoms with Gasteiger partial charge in [-0.05, 0) is 24.7 Å². The lowest BCUT2D eigenvalue weighted by atomic mass is 9.89. The van der Waals surface area contributed by atoms with Crippen LogP contribution in [0.5, 0.6) is 0 Å². The van der Waals surface area contributed by atoms with Crippen LogP contribution in [0.4, 0.5) is 0 Å². The monoisotopic (exact) mass is 276 g/mol. The van der Waals surface area contributed by atoms with Gasteiger partial charge in [0.2, 0.25) is 0 Å². The molecule has 0 radical (unpaired) electrons. The number of aryl methyl sites for hydroxylation is 1. The van der Waals surface area contributed by atoms with E-state index in [1.807, 2.05) is 11.7 Å². The first kappa shape index (κ1) is 14.1. The second-order valence-corrected chi connectivity index (χ2v) is 7.79. The molecule has 3 atom stereocenters. The summed E-state index contributed by atoms with van der Waals surface area (Å²) in [6.07, 6.45) is 4.74. The van der Waals surface area contributed by atoms with Crippen LogP contribution in [0.15, 0.2) is 6.20 Å². The first-order valence-electron chi connectivity index (χ1n) is 7.85. The summed E-state index contributed by atoms with van der Waals surface area (Å²) < 4.78 is 1.96. The summed E-state index contributed by atoms with van der Waals surface area (Å²) in [5.74, 6) is 1.56. The Morgan fingerprint density at radius 2 is 2.05 bits per heavy atom. The zero-order chi connectivity index (χ0) is 14.5. The Morgan fingerprint density at radius 3 is 2.70 bits per heavy atom. The molecular formula is C16H28N4. The fourth-order valence-electron chi connectivity index (χ4n) is 4.05. The molecule has 1 aromatic rings. The molecule has 1 saturated heterocycles. The maximum absolute atomic E-state index is 6.24. The number of fused-ring (bicyclic) bond motifs is 1. The Hall–Kier alpha value is -0.870. The summed E-state index contributed by atoms with van der Waals surface area (Å²) in [4.78, 5) is 2.58. The van der Waals surface area contributed by atoms with Crippen LogP contribution in [0.25, 0.3) is 0 Å². The maximum atomic E-state index is 6.24. The molecule has 1 aliphatic heterocycles. The molecule has 4 nitrogen and oxygen atoms in total. The van der Waals surface area contributed by atoms with Crippen LogP contribution in [0, 0.1) is 11.8 Å². The van der Waals surface area contributed by atoms with Gasteiger partial charge >= 0.3 is 0 Å². The SMILES string of the molecule is Cn1cc(CN2CC3CCC(N)C3C2)c(C(C)(C)C)n1. The van der Waals surface area contributed by atoms with Crippen molar-refractivity contribution in [2.45, 2.75) is 51.6 Å². The van der Waals surface area contributed by atoms with Crippen molar-refractivity contribution in [3.05, 3.63) is 17.5 Å². The van der Waals surface area contributed by atoms with Gasteiger partial charge in [-0.3, -0.25) is 9.58 Å². The van der Waals surface area contributed by atoms with E-state index < -0.39 is 0 Å². The number of hydrogen-bond acceptors (Lipinski definition) is 3. The first-order valence-corrected chi connectivity index (χ1v) is 7.85. The lowest BCUT2D eigenvalue weighted by Gasteiger charge is -2.22. The smallest absolute Gasteiger partial charge is 0.0722 e. The number of hydrogen-bond donors (Lipinski definition) is 1. The van der Waals surface area contributed by atoms with Crippen LogP contribution in [0.3, 0.4) is 0 Å². The molecule has 20 heavy (non-hydrogen) atoms. The molecule has 1 aliphatic carbocycles. The molecule has 2 heterocycles. The standard InChI is InChI=1S/C16H28N4/c1-16(2,3)15-12(7-19(4)18-15)9-20-8-11-5-6-14(17)13(11)10-20/h7,11,13-14H,5-6,8-10,17H2,1-4H3. The fraction of sp³-hybridized carbons (Fsp3) is 0.812. The van der Waals surface area contributed by atoms with Crippen molar-refractivity contribution in [2.24, 2.45) is 24.6 Å². The molecule has 0 aromatic carbocycles. The molecule has 1 saturated carbocycles. The van der Waals surface area contributed by atoms with Crippen molar-refractivity contribution in [3.63, 3.8) is 0 Å². The first-order chi connectivity index (χ1) is 9.34. The predicted molar refractivity (Wildman–Crippen MR) is 81.4 cm³/mol. The number of aromatic nitrogens is 2. The van der Waals surface area contributed by atoms with Gasteiger partial charge in [-0.25, -0.2) is 0 Å². The van der Waals surface area contributed by atoms with Gasteiger partial charge in [0, 0.05) is 49.9 Å². The minimum Gasteiger partial charge on any atom is -0.327 e. The molecule has 0 bridgehead atoms.